The summed E-state index contributed by atoms with van der Waals surface area (Å²) in [5, 5.41) is 6.47. The molecule has 0 saturated carbocycles. The minimum atomic E-state index is -3.69. The van der Waals surface area contributed by atoms with Crippen LogP contribution in [-0.2, 0) is 34.8 Å². The zero-order valence-corrected chi connectivity index (χ0v) is 20.3. The lowest BCUT2D eigenvalue weighted by Gasteiger charge is -2.26. The summed E-state index contributed by atoms with van der Waals surface area (Å²) in [4.78, 5) is 24.7. The van der Waals surface area contributed by atoms with Crippen molar-refractivity contribution >= 4 is 39.3 Å². The molecule has 0 bridgehead atoms. The van der Waals surface area contributed by atoms with Gasteiger partial charge in [-0.2, -0.15) is 4.31 Å². The van der Waals surface area contributed by atoms with E-state index in [1.807, 2.05) is 13.8 Å². The predicted molar refractivity (Wildman–Crippen MR) is 122 cm³/mol. The summed E-state index contributed by atoms with van der Waals surface area (Å²) in [5.74, 6) is 0.230. The third-order valence-electron chi connectivity index (χ3n) is 5.03. The molecule has 3 rings (SSSR count). The minimum absolute atomic E-state index is 0.0644. The number of thioether (sulfide) groups is 1. The number of amides is 1. The molecule has 180 valence electrons. The number of nitrogens with zero attached hydrogens (tertiary/aromatic N) is 2. The number of benzene rings is 1. The average molecular weight is 498 g/mol. The van der Waals surface area contributed by atoms with Crippen LogP contribution in [0.3, 0.4) is 0 Å². The highest BCUT2D eigenvalue weighted by Gasteiger charge is 2.27. The molecule has 2 aromatic rings. The molecule has 1 aromatic carbocycles. The number of carbonyl (C=O) groups excluding carboxylic acids is 2. The van der Waals surface area contributed by atoms with Crippen LogP contribution in [0.25, 0.3) is 0 Å². The Hall–Kier alpha value is -2.41. The summed E-state index contributed by atoms with van der Waals surface area (Å²) < 4.78 is 42.5. The molecule has 12 heteroatoms. The van der Waals surface area contributed by atoms with Crippen molar-refractivity contribution in [3.63, 3.8) is 0 Å². The molecule has 33 heavy (non-hydrogen) atoms. The molecule has 1 unspecified atom stereocenters. The first-order valence-corrected chi connectivity index (χ1v) is 13.0. The van der Waals surface area contributed by atoms with Crippen LogP contribution in [-0.4, -0.2) is 67.9 Å². The van der Waals surface area contributed by atoms with E-state index in [4.69, 9.17) is 14.0 Å². The van der Waals surface area contributed by atoms with Crippen molar-refractivity contribution in [2.24, 2.45) is 0 Å². The quantitative estimate of drug-likeness (QED) is 0.518. The van der Waals surface area contributed by atoms with Gasteiger partial charge in [-0.15, -0.1) is 11.8 Å². The van der Waals surface area contributed by atoms with Gasteiger partial charge in [0.1, 0.15) is 5.76 Å². The number of sulfonamides is 1. The maximum atomic E-state index is 12.8. The second kappa shape index (κ2) is 11.1. The van der Waals surface area contributed by atoms with E-state index in [0.717, 1.165) is 11.3 Å². The van der Waals surface area contributed by atoms with Gasteiger partial charge in [0.2, 0.25) is 10.0 Å². The molecule has 0 radical (unpaired) electrons. The molecule has 1 aromatic heterocycles. The molecule has 2 heterocycles. The maximum Gasteiger partial charge on any atom is 0.316 e. The zero-order chi connectivity index (χ0) is 24.0. The Morgan fingerprint density at radius 1 is 1.27 bits per heavy atom. The van der Waals surface area contributed by atoms with E-state index in [2.05, 4.69) is 10.5 Å². The van der Waals surface area contributed by atoms with E-state index in [1.165, 1.54) is 35.1 Å². The molecule has 10 nitrogen and oxygen atoms in total. The second-order valence-corrected chi connectivity index (χ2v) is 10.4. The molecule has 1 fully saturated rings. The topological polar surface area (TPSA) is 128 Å². The van der Waals surface area contributed by atoms with Crippen molar-refractivity contribution in [1.29, 1.82) is 0 Å². The molecule has 1 aliphatic rings. The Morgan fingerprint density at radius 2 is 2.00 bits per heavy atom. The summed E-state index contributed by atoms with van der Waals surface area (Å²) in [6, 6.07) is 5.98. The zero-order valence-electron chi connectivity index (χ0n) is 18.7. The van der Waals surface area contributed by atoms with Gasteiger partial charge in [0, 0.05) is 30.1 Å². The monoisotopic (exact) mass is 497 g/mol. The first-order chi connectivity index (χ1) is 15.7. The van der Waals surface area contributed by atoms with Crippen LogP contribution in [0.5, 0.6) is 0 Å². The SMILES string of the molecule is Cc1noc(C)c1CSCC(=O)OC(C)C(=O)Nc1cccc(S(=O)(=O)N2CCOCC2)c1. The van der Waals surface area contributed by atoms with Crippen molar-refractivity contribution in [2.75, 3.05) is 37.4 Å². The predicted octanol–water partition coefficient (Wildman–Crippen LogP) is 2.12. The van der Waals surface area contributed by atoms with Gasteiger partial charge in [0.25, 0.3) is 5.91 Å². The lowest BCUT2D eigenvalue weighted by molar-refractivity contribution is -0.150. The summed E-state index contributed by atoms with van der Waals surface area (Å²) in [7, 11) is -3.69. The third-order valence-corrected chi connectivity index (χ3v) is 7.86. The number of hydrogen-bond donors (Lipinski definition) is 1. The number of rotatable bonds is 9. The summed E-state index contributed by atoms with van der Waals surface area (Å²) in [5.41, 5.74) is 2.01. The normalized spacial score (nSPS) is 15.7. The lowest BCUT2D eigenvalue weighted by atomic mass is 10.2. The number of ether oxygens (including phenoxy) is 2. The van der Waals surface area contributed by atoms with Gasteiger partial charge < -0.3 is 19.3 Å². The number of aryl methyl sites for hydroxylation is 2. The van der Waals surface area contributed by atoms with Crippen LogP contribution in [0.15, 0.2) is 33.7 Å². The van der Waals surface area contributed by atoms with E-state index in [9.17, 15) is 18.0 Å². The number of nitrogens with one attached hydrogen (secondary N) is 1. The first-order valence-electron chi connectivity index (χ1n) is 10.4. The fraction of sp³-hybridized carbons (Fsp3) is 0.476. The minimum Gasteiger partial charge on any atom is -0.452 e. The number of hydrogen-bond acceptors (Lipinski definition) is 9. The molecular weight excluding hydrogens is 470 g/mol. The molecule has 0 spiro atoms. The number of aromatic nitrogens is 1. The Labute approximate surface area is 197 Å². The van der Waals surface area contributed by atoms with Crippen molar-refractivity contribution in [1.82, 2.24) is 9.46 Å². The highest BCUT2D eigenvalue weighted by molar-refractivity contribution is 7.99. The van der Waals surface area contributed by atoms with Crippen LogP contribution in [0, 0.1) is 13.8 Å². The smallest absolute Gasteiger partial charge is 0.316 e. The first kappa shape index (κ1) is 25.2. The molecule has 1 atom stereocenters. The second-order valence-electron chi connectivity index (χ2n) is 7.46. The van der Waals surface area contributed by atoms with Crippen molar-refractivity contribution < 1.29 is 32.0 Å². The van der Waals surface area contributed by atoms with Crippen molar-refractivity contribution in [3.8, 4) is 0 Å². The average Bonchev–Trinajstić information content (AvgIpc) is 3.12. The molecule has 1 aliphatic heterocycles. The maximum absolute atomic E-state index is 12.8. The fourth-order valence-electron chi connectivity index (χ4n) is 3.14. The Balaban J connectivity index is 1.52. The van der Waals surface area contributed by atoms with Gasteiger partial charge in [0.15, 0.2) is 6.10 Å². The van der Waals surface area contributed by atoms with Gasteiger partial charge in [-0.3, -0.25) is 9.59 Å². The van der Waals surface area contributed by atoms with Gasteiger partial charge >= 0.3 is 5.97 Å². The van der Waals surface area contributed by atoms with Crippen LogP contribution in [0.2, 0.25) is 0 Å². The fourth-order valence-corrected chi connectivity index (χ4v) is 5.55. The standard InChI is InChI=1S/C21H27N3O7S2/c1-14-19(15(2)31-23-14)12-32-13-20(25)30-16(3)21(26)22-17-5-4-6-18(11-17)33(27,28)24-7-9-29-10-8-24/h4-6,11,16H,7-10,12-13H2,1-3H3,(H,22,26). The summed E-state index contributed by atoms with van der Waals surface area (Å²) >= 11 is 1.34. The molecule has 1 amide bonds. The Morgan fingerprint density at radius 3 is 2.67 bits per heavy atom. The number of esters is 1. The summed E-state index contributed by atoms with van der Waals surface area (Å²) in [6.45, 7) is 6.34. The molecule has 0 aliphatic carbocycles. The largest absolute Gasteiger partial charge is 0.452 e. The molecule has 1 saturated heterocycles. The van der Waals surface area contributed by atoms with Crippen LogP contribution < -0.4 is 5.32 Å². The lowest BCUT2D eigenvalue weighted by Crippen LogP contribution is -2.40. The van der Waals surface area contributed by atoms with E-state index in [0.29, 0.717) is 30.4 Å². The Bertz CT molecular complexity index is 1080. The van der Waals surface area contributed by atoms with E-state index >= 15 is 0 Å². The molecular formula is C21H27N3O7S2. The van der Waals surface area contributed by atoms with E-state index in [1.54, 1.807) is 12.1 Å². The number of anilines is 1. The van der Waals surface area contributed by atoms with Crippen LogP contribution in [0.4, 0.5) is 5.69 Å². The van der Waals surface area contributed by atoms with Crippen LogP contribution in [0.1, 0.15) is 23.9 Å². The highest BCUT2D eigenvalue weighted by atomic mass is 32.2. The number of carbonyl (C=O) groups is 2. The highest BCUT2D eigenvalue weighted by Crippen LogP contribution is 2.22. The van der Waals surface area contributed by atoms with E-state index in [-0.39, 0.29) is 23.7 Å². The van der Waals surface area contributed by atoms with Crippen molar-refractivity contribution in [2.45, 2.75) is 37.5 Å². The van der Waals surface area contributed by atoms with Crippen LogP contribution >= 0.6 is 11.8 Å². The Kier molecular flexibility index (Phi) is 8.51. The van der Waals surface area contributed by atoms with Gasteiger partial charge in [0.05, 0.1) is 29.6 Å². The van der Waals surface area contributed by atoms with Gasteiger partial charge in [-0.05, 0) is 39.0 Å². The third kappa shape index (κ3) is 6.56. The number of morpholine rings is 1. The molecule has 1 N–H and O–H groups in total. The van der Waals surface area contributed by atoms with Crippen molar-refractivity contribution in [3.05, 3.63) is 41.3 Å². The van der Waals surface area contributed by atoms with Gasteiger partial charge in [-0.1, -0.05) is 11.2 Å². The summed E-state index contributed by atoms with van der Waals surface area (Å²) in [6.07, 6.45) is -1.04. The van der Waals surface area contributed by atoms with E-state index < -0.39 is 28.0 Å². The van der Waals surface area contributed by atoms with Gasteiger partial charge in [-0.25, -0.2) is 8.42 Å².